The van der Waals surface area contributed by atoms with Crippen LogP contribution in [0.15, 0.2) is 30.3 Å². The molecule has 0 bridgehead atoms. The Morgan fingerprint density at radius 3 is 2.79 bits per heavy atom. The van der Waals surface area contributed by atoms with E-state index in [0.29, 0.717) is 18.1 Å². The molecule has 0 fully saturated rings. The molecule has 0 saturated carbocycles. The Kier molecular flexibility index (Phi) is 7.90. The zero-order valence-electron chi connectivity index (χ0n) is 16.9. The van der Waals surface area contributed by atoms with Crippen molar-refractivity contribution in [1.82, 2.24) is 10.6 Å². The largest absolute Gasteiger partial charge is 0.380 e. The predicted octanol–water partition coefficient (Wildman–Crippen LogP) is 4.70. The number of halogens is 2. The van der Waals surface area contributed by atoms with Gasteiger partial charge in [0.05, 0.1) is 16.3 Å². The molecule has 3 N–H and O–H groups in total. The minimum Gasteiger partial charge on any atom is -0.380 e. The number of carbonyl (C=O) groups is 1. The quantitative estimate of drug-likeness (QED) is 0.546. The highest BCUT2D eigenvalue weighted by molar-refractivity contribution is 6.33. The van der Waals surface area contributed by atoms with Crippen LogP contribution in [0.25, 0.3) is 0 Å². The van der Waals surface area contributed by atoms with Crippen LogP contribution in [-0.2, 0) is 19.4 Å². The van der Waals surface area contributed by atoms with E-state index in [2.05, 4.69) is 28.9 Å². The minimum atomic E-state index is -0.500. The Bertz CT molecular complexity index is 856. The van der Waals surface area contributed by atoms with Crippen molar-refractivity contribution >= 4 is 23.2 Å². The fourth-order valence-corrected chi connectivity index (χ4v) is 3.89. The fourth-order valence-electron chi connectivity index (χ4n) is 3.65. The summed E-state index contributed by atoms with van der Waals surface area (Å²) in [6.45, 7) is 4.99. The Balaban J connectivity index is 1.66. The second-order valence-electron chi connectivity index (χ2n) is 7.44. The van der Waals surface area contributed by atoms with E-state index in [4.69, 9.17) is 11.6 Å². The molecule has 4 nitrogen and oxygen atoms in total. The molecule has 0 atom stereocenters. The Labute approximate surface area is 177 Å². The molecule has 0 aromatic heterocycles. The average Bonchev–Trinajstić information content (AvgIpc) is 2.96. The highest BCUT2D eigenvalue weighted by atomic mass is 35.5. The third-order valence-electron chi connectivity index (χ3n) is 5.30. The van der Waals surface area contributed by atoms with E-state index >= 15 is 0 Å². The van der Waals surface area contributed by atoms with Gasteiger partial charge >= 0.3 is 0 Å². The van der Waals surface area contributed by atoms with Gasteiger partial charge in [0.25, 0.3) is 5.91 Å². The van der Waals surface area contributed by atoms with E-state index in [0.717, 1.165) is 56.4 Å². The van der Waals surface area contributed by atoms with E-state index in [1.54, 1.807) is 12.1 Å². The lowest BCUT2D eigenvalue weighted by molar-refractivity contribution is 0.0949. The van der Waals surface area contributed by atoms with Crippen LogP contribution < -0.4 is 16.0 Å². The standard InChI is InChI=1S/C23H29ClFN3O/c1-2-3-4-11-27-23(29)19-7-5-16(14-21(19)25)15-28-22-18-10-13-26-12-9-17(18)6-8-20(22)24/h5-8,14,26,28H,2-4,9-13,15H2,1H3,(H,27,29). The number of anilines is 1. The maximum Gasteiger partial charge on any atom is 0.254 e. The van der Waals surface area contributed by atoms with Gasteiger partial charge in [-0.3, -0.25) is 4.79 Å². The van der Waals surface area contributed by atoms with Gasteiger partial charge in [0.15, 0.2) is 0 Å². The van der Waals surface area contributed by atoms with Crippen molar-refractivity contribution in [3.05, 3.63) is 63.4 Å². The summed E-state index contributed by atoms with van der Waals surface area (Å²) in [6, 6.07) is 8.77. The molecule has 0 aliphatic carbocycles. The first kappa shape index (κ1) is 21.6. The summed E-state index contributed by atoms with van der Waals surface area (Å²) in [5.74, 6) is -0.860. The maximum atomic E-state index is 14.5. The van der Waals surface area contributed by atoms with Crippen LogP contribution in [0.4, 0.5) is 10.1 Å². The summed E-state index contributed by atoms with van der Waals surface area (Å²) < 4.78 is 14.5. The topological polar surface area (TPSA) is 53.2 Å². The summed E-state index contributed by atoms with van der Waals surface area (Å²) in [5, 5.41) is 10.2. The second-order valence-corrected chi connectivity index (χ2v) is 7.85. The molecule has 2 aromatic rings. The number of benzene rings is 2. The lowest BCUT2D eigenvalue weighted by atomic mass is 10.0. The molecule has 0 radical (unpaired) electrons. The van der Waals surface area contributed by atoms with Gasteiger partial charge in [-0.15, -0.1) is 0 Å². The lowest BCUT2D eigenvalue weighted by Gasteiger charge is -2.16. The van der Waals surface area contributed by atoms with Crippen molar-refractivity contribution in [2.45, 2.75) is 45.6 Å². The Morgan fingerprint density at radius 2 is 2.00 bits per heavy atom. The van der Waals surface area contributed by atoms with Crippen LogP contribution in [0.5, 0.6) is 0 Å². The molecule has 1 aliphatic rings. The van der Waals surface area contributed by atoms with E-state index in [9.17, 15) is 9.18 Å². The number of nitrogens with one attached hydrogen (secondary N) is 3. The SMILES string of the molecule is CCCCCNC(=O)c1ccc(CNc2c(Cl)ccc3c2CCNCC3)cc1F. The summed E-state index contributed by atoms with van der Waals surface area (Å²) in [6.07, 6.45) is 4.91. The van der Waals surface area contributed by atoms with Crippen LogP contribution in [0.2, 0.25) is 5.02 Å². The van der Waals surface area contributed by atoms with E-state index in [1.807, 2.05) is 6.07 Å². The fraction of sp³-hybridized carbons (Fsp3) is 0.435. The Morgan fingerprint density at radius 1 is 1.17 bits per heavy atom. The first-order chi connectivity index (χ1) is 14.1. The number of hydrogen-bond acceptors (Lipinski definition) is 3. The molecule has 1 aliphatic heterocycles. The highest BCUT2D eigenvalue weighted by Gasteiger charge is 2.16. The number of fused-ring (bicyclic) bond motifs is 1. The summed E-state index contributed by atoms with van der Waals surface area (Å²) in [4.78, 5) is 12.2. The van der Waals surface area contributed by atoms with Gasteiger partial charge < -0.3 is 16.0 Å². The van der Waals surface area contributed by atoms with Crippen molar-refractivity contribution in [2.24, 2.45) is 0 Å². The number of rotatable bonds is 8. The normalized spacial score (nSPS) is 13.5. The first-order valence-electron chi connectivity index (χ1n) is 10.4. The number of amides is 1. The second kappa shape index (κ2) is 10.6. The van der Waals surface area contributed by atoms with Gasteiger partial charge in [-0.2, -0.15) is 0 Å². The summed E-state index contributed by atoms with van der Waals surface area (Å²) >= 11 is 6.44. The number of carbonyl (C=O) groups excluding carboxylic acids is 1. The van der Waals surface area contributed by atoms with Gasteiger partial charge in [0.2, 0.25) is 0 Å². The molecular formula is C23H29ClFN3O. The van der Waals surface area contributed by atoms with Crippen molar-refractivity contribution in [1.29, 1.82) is 0 Å². The van der Waals surface area contributed by atoms with Crippen LogP contribution in [-0.4, -0.2) is 25.5 Å². The lowest BCUT2D eigenvalue weighted by Crippen LogP contribution is -2.25. The zero-order chi connectivity index (χ0) is 20.6. The predicted molar refractivity (Wildman–Crippen MR) is 117 cm³/mol. The number of hydrogen-bond donors (Lipinski definition) is 3. The molecule has 156 valence electrons. The van der Waals surface area contributed by atoms with Crippen molar-refractivity contribution in [3.8, 4) is 0 Å². The van der Waals surface area contributed by atoms with E-state index in [1.165, 1.54) is 17.2 Å². The molecule has 0 unspecified atom stereocenters. The van der Waals surface area contributed by atoms with Crippen LogP contribution >= 0.6 is 11.6 Å². The minimum absolute atomic E-state index is 0.0860. The van der Waals surface area contributed by atoms with E-state index in [-0.39, 0.29) is 11.5 Å². The molecule has 2 aromatic carbocycles. The molecule has 6 heteroatoms. The average molecular weight is 418 g/mol. The van der Waals surface area contributed by atoms with Gasteiger partial charge in [-0.1, -0.05) is 43.5 Å². The molecule has 3 rings (SSSR count). The molecule has 29 heavy (non-hydrogen) atoms. The molecule has 1 amide bonds. The zero-order valence-corrected chi connectivity index (χ0v) is 17.7. The smallest absolute Gasteiger partial charge is 0.254 e. The molecule has 0 spiro atoms. The molecule has 1 heterocycles. The highest BCUT2D eigenvalue weighted by Crippen LogP contribution is 2.31. The van der Waals surface area contributed by atoms with Gasteiger partial charge in [0, 0.05) is 13.1 Å². The summed E-state index contributed by atoms with van der Waals surface area (Å²) in [7, 11) is 0. The Hall–Kier alpha value is -2.11. The van der Waals surface area contributed by atoms with Crippen LogP contribution in [0.3, 0.4) is 0 Å². The summed E-state index contributed by atoms with van der Waals surface area (Å²) in [5.41, 5.74) is 4.30. The van der Waals surface area contributed by atoms with Gasteiger partial charge in [0.1, 0.15) is 5.82 Å². The van der Waals surface area contributed by atoms with E-state index < -0.39 is 5.82 Å². The number of unbranched alkanes of at least 4 members (excludes halogenated alkanes) is 2. The third-order valence-corrected chi connectivity index (χ3v) is 5.61. The van der Waals surface area contributed by atoms with Crippen LogP contribution in [0, 0.1) is 5.82 Å². The molecular weight excluding hydrogens is 389 g/mol. The third kappa shape index (κ3) is 5.71. The van der Waals surface area contributed by atoms with Crippen LogP contribution in [0.1, 0.15) is 53.2 Å². The maximum absolute atomic E-state index is 14.5. The van der Waals surface area contributed by atoms with Gasteiger partial charge in [-0.25, -0.2) is 4.39 Å². The molecule has 0 saturated heterocycles. The van der Waals surface area contributed by atoms with Crippen molar-refractivity contribution in [2.75, 3.05) is 25.0 Å². The van der Waals surface area contributed by atoms with Crippen molar-refractivity contribution in [3.63, 3.8) is 0 Å². The van der Waals surface area contributed by atoms with Crippen molar-refractivity contribution < 1.29 is 9.18 Å². The van der Waals surface area contributed by atoms with Gasteiger partial charge in [-0.05, 0) is 67.2 Å². The monoisotopic (exact) mass is 417 g/mol. The first-order valence-corrected chi connectivity index (χ1v) is 10.8.